The predicted molar refractivity (Wildman–Crippen MR) is 128 cm³/mol. The number of anilines is 1. The number of nitrogen functional groups attached to an aromatic ring is 1. The van der Waals surface area contributed by atoms with E-state index in [-0.39, 0.29) is 32.7 Å². The summed E-state index contributed by atoms with van der Waals surface area (Å²) in [7, 11) is 1.88. The Balaban J connectivity index is -0.000000140. The Labute approximate surface area is 204 Å². The molecule has 4 N–H and O–H groups in total. The Bertz CT molecular complexity index is 491. The predicted octanol–water partition coefficient (Wildman–Crippen LogP) is 6.22. The first-order valence-corrected chi connectivity index (χ1v) is 10.7. The van der Waals surface area contributed by atoms with Crippen LogP contribution in [0.5, 0.6) is 0 Å². The van der Waals surface area contributed by atoms with Crippen LogP contribution in [-0.4, -0.2) is 19.8 Å². The maximum atomic E-state index is 5.47. The first kappa shape index (κ1) is 35.1. The third-order valence-corrected chi connectivity index (χ3v) is 3.49. The molecule has 1 radical (unpaired) electrons. The Kier molecular flexibility index (Phi) is 36.1. The molecule has 0 heterocycles. The van der Waals surface area contributed by atoms with Crippen molar-refractivity contribution in [3.8, 4) is 0 Å². The van der Waals surface area contributed by atoms with Crippen molar-refractivity contribution in [3.63, 3.8) is 0 Å². The van der Waals surface area contributed by atoms with Crippen LogP contribution in [0.15, 0.2) is 59.5 Å². The van der Waals surface area contributed by atoms with Crippen molar-refractivity contribution in [2.24, 2.45) is 5.92 Å². The Morgan fingerprint density at radius 1 is 0.964 bits per heavy atom. The molecule has 28 heavy (non-hydrogen) atoms. The molecule has 0 spiro atoms. The summed E-state index contributed by atoms with van der Waals surface area (Å²) >= 11 is 1.72. The third-order valence-electron chi connectivity index (χ3n) is 2.74. The van der Waals surface area contributed by atoms with Gasteiger partial charge in [-0.15, -0.1) is 11.8 Å². The molecule has 0 amide bonds. The van der Waals surface area contributed by atoms with Crippen molar-refractivity contribution in [2.45, 2.75) is 46.4 Å². The second-order valence-corrected chi connectivity index (χ2v) is 6.33. The van der Waals surface area contributed by atoms with Crippen molar-refractivity contribution in [1.29, 1.82) is 0 Å². The van der Waals surface area contributed by atoms with Gasteiger partial charge in [0.05, 0.1) is 0 Å². The zero-order valence-electron chi connectivity index (χ0n) is 19.3. The van der Waals surface area contributed by atoms with Crippen molar-refractivity contribution in [2.75, 3.05) is 25.6 Å². The van der Waals surface area contributed by atoms with Gasteiger partial charge >= 0.3 is 0 Å². The van der Waals surface area contributed by atoms with Crippen LogP contribution in [0.2, 0.25) is 0 Å². The van der Waals surface area contributed by atoms with Crippen molar-refractivity contribution >= 4 is 17.4 Å². The summed E-state index contributed by atoms with van der Waals surface area (Å²) in [5.41, 5.74) is 13.5. The molecule has 0 aliphatic rings. The van der Waals surface area contributed by atoms with E-state index in [1.54, 1.807) is 18.7 Å². The summed E-state index contributed by atoms with van der Waals surface area (Å²) < 4.78 is 0. The number of nitrogens with two attached hydrogens (primary N) is 1. The Hall–Kier alpha value is -0.386. The maximum absolute atomic E-state index is 5.47. The van der Waals surface area contributed by atoms with E-state index in [0.717, 1.165) is 18.2 Å². The van der Waals surface area contributed by atoms with Gasteiger partial charge in [0.1, 0.15) is 0 Å². The summed E-state index contributed by atoms with van der Waals surface area (Å²) in [5, 5.41) is 0. The van der Waals surface area contributed by atoms with Crippen LogP contribution in [0.3, 0.4) is 0 Å². The van der Waals surface area contributed by atoms with Gasteiger partial charge in [0.15, 0.2) is 0 Å². The third kappa shape index (κ3) is 27.8. The zero-order valence-corrected chi connectivity index (χ0v) is 22.9. The van der Waals surface area contributed by atoms with Crippen LogP contribution in [0, 0.1) is 19.8 Å². The van der Waals surface area contributed by atoms with Crippen LogP contribution in [0.4, 0.5) is 5.69 Å². The minimum absolute atomic E-state index is 0. The van der Waals surface area contributed by atoms with Crippen molar-refractivity contribution in [1.82, 2.24) is 10.9 Å². The number of thioether (sulfide) groups is 1. The zero-order chi connectivity index (χ0) is 21.5. The molecule has 0 atom stereocenters. The van der Waals surface area contributed by atoms with Gasteiger partial charge in [0.2, 0.25) is 0 Å². The average molecular weight is 482 g/mol. The molecule has 0 saturated carbocycles. The van der Waals surface area contributed by atoms with E-state index in [1.807, 2.05) is 69.6 Å². The van der Waals surface area contributed by atoms with E-state index in [4.69, 9.17) is 5.73 Å². The van der Waals surface area contributed by atoms with Gasteiger partial charge in [0, 0.05) is 49.8 Å². The van der Waals surface area contributed by atoms with E-state index in [9.17, 15) is 0 Å². The molecule has 3 nitrogen and oxygen atoms in total. The number of hydrazine groups is 1. The van der Waals surface area contributed by atoms with E-state index >= 15 is 0 Å². The quantitative estimate of drug-likeness (QED) is 0.210. The summed E-state index contributed by atoms with van der Waals surface area (Å²) in [6.45, 7) is 16.5. The van der Waals surface area contributed by atoms with E-state index in [1.165, 1.54) is 10.5 Å². The second kappa shape index (κ2) is 28.8. The smallest absolute Gasteiger partial charge is 0.0314 e. The van der Waals surface area contributed by atoms with E-state index in [2.05, 4.69) is 50.7 Å². The molecule has 0 fully saturated rings. The summed E-state index contributed by atoms with van der Waals surface area (Å²) in [6, 6.07) is 18.1. The first-order chi connectivity index (χ1) is 13.0. The minimum Gasteiger partial charge on any atom is -0.399 e. The molecule has 0 unspecified atom stereocenters. The van der Waals surface area contributed by atoms with Crippen LogP contribution in [0.25, 0.3) is 0 Å². The number of benzene rings is 2. The molecule has 159 valence electrons. The van der Waals surface area contributed by atoms with Gasteiger partial charge in [-0.1, -0.05) is 63.6 Å². The molecule has 0 aromatic heterocycles. The summed E-state index contributed by atoms with van der Waals surface area (Å²) in [4.78, 5) is 1.25. The fraction of sp³-hybridized carbons (Fsp3) is 0.435. The normalized spacial score (nSPS) is 8.21. The number of hydrogen-bond donors (Lipinski definition) is 3. The first-order valence-electron chi connectivity index (χ1n) is 9.51. The number of rotatable bonds is 4. The van der Waals surface area contributed by atoms with Crippen molar-refractivity contribution in [3.05, 3.63) is 67.1 Å². The molecule has 0 bridgehead atoms. The molecule has 2 aromatic rings. The second-order valence-electron chi connectivity index (χ2n) is 5.45. The largest absolute Gasteiger partial charge is 0.399 e. The molecule has 0 aliphatic carbocycles. The summed E-state index contributed by atoms with van der Waals surface area (Å²) in [5.74, 6) is 0.729. The topological polar surface area (TPSA) is 50.1 Å². The average Bonchev–Trinajstić information content (AvgIpc) is 2.71. The number of nitrogens with one attached hydrogen (secondary N) is 2. The van der Waals surface area contributed by atoms with Crippen LogP contribution in [-0.2, 0) is 32.7 Å². The number of aryl methyl sites for hydroxylation is 1. The standard InChI is InChI=1S/C7H9NS.C7H8.C5H14N2.C2H6.C2H5.Y/c1-9-7-4-2-6(8)3-5-7;1-7-5-3-2-4-6-7;1-5(2)4-7-6-3;2*1-2;/h2-5H,8H2,1H3;2-6H,1H3;5-7H,4H2,1-3H3;1-2H3;1H2,2H3;/q;;;;-1;. The molecule has 0 saturated heterocycles. The Morgan fingerprint density at radius 3 is 1.68 bits per heavy atom. The van der Waals surface area contributed by atoms with Gasteiger partial charge in [-0.25, -0.2) is 0 Å². The fourth-order valence-electron chi connectivity index (χ4n) is 1.44. The summed E-state index contributed by atoms with van der Waals surface area (Å²) in [6.07, 6.45) is 2.05. The fourth-order valence-corrected chi connectivity index (χ4v) is 1.85. The number of hydrogen-bond acceptors (Lipinski definition) is 4. The molecule has 2 aromatic carbocycles. The van der Waals surface area contributed by atoms with Gasteiger partial charge in [0.25, 0.3) is 0 Å². The van der Waals surface area contributed by atoms with Gasteiger partial charge in [-0.2, -0.15) is 6.92 Å². The molecule has 2 rings (SSSR count). The van der Waals surface area contributed by atoms with E-state index in [0.29, 0.717) is 0 Å². The molecule has 0 aliphatic heterocycles. The SMILES string of the molecule is CC.CNNCC(C)C.CSc1ccc(N)cc1.Cc1ccccc1.[CH2-]C.[Y]. The van der Waals surface area contributed by atoms with Gasteiger partial charge in [-0.05, 0) is 50.4 Å². The molecule has 5 heteroatoms. The van der Waals surface area contributed by atoms with Gasteiger partial charge in [-0.3, -0.25) is 10.9 Å². The van der Waals surface area contributed by atoms with Crippen LogP contribution >= 0.6 is 11.8 Å². The molecular weight excluding hydrogens is 439 g/mol. The minimum atomic E-state index is 0. The Morgan fingerprint density at radius 2 is 1.43 bits per heavy atom. The van der Waals surface area contributed by atoms with Crippen LogP contribution in [0.1, 0.15) is 40.2 Å². The monoisotopic (exact) mass is 481 g/mol. The van der Waals surface area contributed by atoms with Gasteiger partial charge < -0.3 is 12.7 Å². The van der Waals surface area contributed by atoms with E-state index < -0.39 is 0 Å². The van der Waals surface area contributed by atoms with Crippen molar-refractivity contribution < 1.29 is 32.7 Å². The maximum Gasteiger partial charge on any atom is 0.0314 e. The molecular formula is C23H42N3SY-. The van der Waals surface area contributed by atoms with Crippen LogP contribution < -0.4 is 16.6 Å².